The van der Waals surface area contributed by atoms with Gasteiger partial charge in [-0.2, -0.15) is 0 Å². The Bertz CT molecular complexity index is 1130. The molecule has 12 nitrogen and oxygen atoms in total. The summed E-state index contributed by atoms with van der Waals surface area (Å²) in [5, 5.41) is 25.3. The minimum atomic E-state index is -1.21. The van der Waals surface area contributed by atoms with Crippen LogP contribution in [0, 0.1) is 20.2 Å². The summed E-state index contributed by atoms with van der Waals surface area (Å²) in [6.07, 6.45) is -0.670. The maximum absolute atomic E-state index is 13.4. The van der Waals surface area contributed by atoms with Crippen LogP contribution in [0.4, 0.5) is 21.9 Å². The van der Waals surface area contributed by atoms with E-state index in [1.54, 1.807) is 45.0 Å². The van der Waals surface area contributed by atoms with Crippen molar-refractivity contribution in [3.8, 4) is 0 Å². The highest BCUT2D eigenvalue weighted by molar-refractivity contribution is 6.02. The maximum atomic E-state index is 13.4. The van der Waals surface area contributed by atoms with Crippen LogP contribution < -0.4 is 10.2 Å². The van der Waals surface area contributed by atoms with Gasteiger partial charge in [-0.3, -0.25) is 25.0 Å². The van der Waals surface area contributed by atoms with Crippen molar-refractivity contribution in [3.63, 3.8) is 0 Å². The molecule has 1 aliphatic rings. The summed E-state index contributed by atoms with van der Waals surface area (Å²) in [5.74, 6) is -0.651. The maximum Gasteiger partial charge on any atom is 0.408 e. The number of hydrogen-bond acceptors (Lipinski definition) is 8. The number of benzene rings is 2. The highest BCUT2D eigenvalue weighted by Crippen LogP contribution is 2.40. The molecule has 1 heterocycles. The first-order valence-electron chi connectivity index (χ1n) is 10.8. The van der Waals surface area contributed by atoms with Crippen molar-refractivity contribution >= 4 is 29.1 Å². The summed E-state index contributed by atoms with van der Waals surface area (Å²) in [6.45, 7) is 5.15. The van der Waals surface area contributed by atoms with Gasteiger partial charge >= 0.3 is 6.09 Å². The van der Waals surface area contributed by atoms with E-state index in [4.69, 9.17) is 9.47 Å². The molecule has 0 aromatic heterocycles. The second-order valence-corrected chi connectivity index (χ2v) is 8.91. The number of anilines is 1. The molecule has 1 N–H and O–H groups in total. The molecule has 2 aromatic carbocycles. The number of rotatable bonds is 8. The average Bonchev–Trinajstić information content (AvgIpc) is 3.23. The van der Waals surface area contributed by atoms with Gasteiger partial charge in [0.05, 0.1) is 28.1 Å². The van der Waals surface area contributed by atoms with Crippen LogP contribution in [0.25, 0.3) is 0 Å². The second-order valence-electron chi connectivity index (χ2n) is 8.91. The van der Waals surface area contributed by atoms with Crippen molar-refractivity contribution in [3.05, 3.63) is 73.8 Å². The normalized spacial score (nSPS) is 13.6. The van der Waals surface area contributed by atoms with Crippen molar-refractivity contribution in [1.82, 2.24) is 5.32 Å². The lowest BCUT2D eigenvalue weighted by Crippen LogP contribution is -2.51. The van der Waals surface area contributed by atoms with Gasteiger partial charge in [-0.25, -0.2) is 4.79 Å². The molecule has 0 aliphatic carbocycles. The SMILES string of the molecule is CC(C)(C)OC[C@H](NC(=O)OCc1ccccc1)C(=O)N1CCc2cc([N+](=O)[O-])cc([N+](=O)[O-])c21. The zero-order valence-corrected chi connectivity index (χ0v) is 19.6. The van der Waals surface area contributed by atoms with Crippen LogP contribution in [0.1, 0.15) is 31.9 Å². The lowest BCUT2D eigenvalue weighted by Gasteiger charge is -2.27. The molecule has 0 unspecified atom stereocenters. The van der Waals surface area contributed by atoms with Crippen molar-refractivity contribution in [2.45, 2.75) is 45.4 Å². The quantitative estimate of drug-likeness (QED) is 0.439. The van der Waals surface area contributed by atoms with E-state index in [0.717, 1.165) is 16.5 Å². The van der Waals surface area contributed by atoms with Crippen molar-refractivity contribution in [2.75, 3.05) is 18.1 Å². The third-order valence-electron chi connectivity index (χ3n) is 5.19. The van der Waals surface area contributed by atoms with Crippen LogP contribution in [0.5, 0.6) is 0 Å². The fraction of sp³-hybridized carbons (Fsp3) is 0.391. The zero-order valence-electron chi connectivity index (χ0n) is 19.6. The number of nitro groups is 2. The van der Waals surface area contributed by atoms with Crippen LogP contribution in [0.3, 0.4) is 0 Å². The number of ether oxygens (including phenoxy) is 2. The number of amides is 2. The van der Waals surface area contributed by atoms with E-state index in [1.165, 1.54) is 6.07 Å². The highest BCUT2D eigenvalue weighted by atomic mass is 16.6. The predicted octanol–water partition coefficient (Wildman–Crippen LogP) is 3.50. The Kier molecular flexibility index (Phi) is 7.65. The van der Waals surface area contributed by atoms with Crippen molar-refractivity contribution in [1.29, 1.82) is 0 Å². The number of fused-ring (bicyclic) bond motifs is 1. The number of alkyl carbamates (subject to hydrolysis) is 1. The van der Waals surface area contributed by atoms with E-state index in [-0.39, 0.29) is 31.9 Å². The van der Waals surface area contributed by atoms with E-state index < -0.39 is 44.9 Å². The monoisotopic (exact) mass is 486 g/mol. The first-order chi connectivity index (χ1) is 16.5. The van der Waals surface area contributed by atoms with Crippen LogP contribution in [0.15, 0.2) is 42.5 Å². The van der Waals surface area contributed by atoms with Crippen LogP contribution >= 0.6 is 0 Å². The Balaban J connectivity index is 1.84. The van der Waals surface area contributed by atoms with E-state index in [2.05, 4.69) is 5.32 Å². The fourth-order valence-electron chi connectivity index (χ4n) is 3.58. The van der Waals surface area contributed by atoms with Crippen molar-refractivity contribution < 1.29 is 28.9 Å². The first-order valence-corrected chi connectivity index (χ1v) is 10.8. The molecule has 2 amide bonds. The van der Waals surface area contributed by atoms with Gasteiger partial charge in [0.15, 0.2) is 0 Å². The smallest absolute Gasteiger partial charge is 0.408 e. The summed E-state index contributed by atoms with van der Waals surface area (Å²) in [5.41, 5.74) is -0.583. The third kappa shape index (κ3) is 6.51. The van der Waals surface area contributed by atoms with Gasteiger partial charge in [0.25, 0.3) is 17.3 Å². The summed E-state index contributed by atoms with van der Waals surface area (Å²) >= 11 is 0. The Morgan fingerprint density at radius 3 is 2.40 bits per heavy atom. The molecule has 0 fully saturated rings. The van der Waals surface area contributed by atoms with Crippen LogP contribution in [0.2, 0.25) is 0 Å². The molecule has 0 saturated carbocycles. The van der Waals surface area contributed by atoms with Gasteiger partial charge in [0, 0.05) is 12.6 Å². The Labute approximate surface area is 201 Å². The van der Waals surface area contributed by atoms with Gasteiger partial charge in [0.1, 0.15) is 18.3 Å². The number of nitrogens with one attached hydrogen (secondary N) is 1. The van der Waals surface area contributed by atoms with E-state index in [0.29, 0.717) is 5.56 Å². The minimum absolute atomic E-state index is 0.0185. The molecular weight excluding hydrogens is 460 g/mol. The summed E-state index contributed by atoms with van der Waals surface area (Å²) in [6, 6.07) is 9.80. The number of carbonyl (C=O) groups is 2. The lowest BCUT2D eigenvalue weighted by atomic mass is 10.1. The standard InChI is InChI=1S/C23H26N4O8/c1-23(2,3)35-14-18(24-22(29)34-13-15-7-5-4-6-8-15)21(28)25-10-9-16-11-17(26(30)31)12-19(20(16)25)27(32)33/h4-8,11-12,18H,9-10,13-14H2,1-3H3,(H,24,29)/t18-/m0/s1. The zero-order chi connectivity index (χ0) is 25.8. The Morgan fingerprint density at radius 1 is 1.11 bits per heavy atom. The molecule has 1 aliphatic heterocycles. The molecule has 2 aromatic rings. The molecule has 0 saturated heterocycles. The minimum Gasteiger partial charge on any atom is -0.445 e. The number of non-ortho nitro benzene ring substituents is 1. The largest absolute Gasteiger partial charge is 0.445 e. The number of nitrogens with zero attached hydrogens (tertiary/aromatic N) is 3. The number of hydrogen-bond donors (Lipinski definition) is 1. The molecule has 186 valence electrons. The third-order valence-corrected chi connectivity index (χ3v) is 5.19. The molecule has 35 heavy (non-hydrogen) atoms. The Morgan fingerprint density at radius 2 is 1.80 bits per heavy atom. The number of carbonyl (C=O) groups excluding carboxylic acids is 2. The van der Waals surface area contributed by atoms with Gasteiger partial charge in [-0.05, 0) is 38.3 Å². The first kappa shape index (κ1) is 25.6. The molecule has 0 radical (unpaired) electrons. The summed E-state index contributed by atoms with van der Waals surface area (Å²) in [4.78, 5) is 48.4. The molecule has 0 spiro atoms. The Hall–Kier alpha value is -4.06. The summed E-state index contributed by atoms with van der Waals surface area (Å²) < 4.78 is 10.9. The molecule has 0 bridgehead atoms. The molecular formula is C23H26N4O8. The predicted molar refractivity (Wildman–Crippen MR) is 125 cm³/mol. The van der Waals surface area contributed by atoms with E-state index in [1.807, 2.05) is 6.07 Å². The molecule has 3 rings (SSSR count). The van der Waals surface area contributed by atoms with Crippen molar-refractivity contribution in [2.24, 2.45) is 0 Å². The van der Waals surface area contributed by atoms with Crippen LogP contribution in [-0.2, 0) is 27.3 Å². The second kappa shape index (κ2) is 10.5. The van der Waals surface area contributed by atoms with E-state index in [9.17, 15) is 29.8 Å². The molecule has 1 atom stereocenters. The summed E-state index contributed by atoms with van der Waals surface area (Å²) in [7, 11) is 0. The van der Waals surface area contributed by atoms with Gasteiger partial charge in [-0.15, -0.1) is 0 Å². The highest BCUT2D eigenvalue weighted by Gasteiger charge is 2.38. The number of nitro benzene ring substituents is 2. The van der Waals surface area contributed by atoms with Gasteiger partial charge in [0.2, 0.25) is 0 Å². The van der Waals surface area contributed by atoms with Gasteiger partial charge < -0.3 is 19.7 Å². The lowest BCUT2D eigenvalue weighted by molar-refractivity contribution is -0.393. The fourth-order valence-corrected chi connectivity index (χ4v) is 3.58. The van der Waals surface area contributed by atoms with Crippen LogP contribution in [-0.4, -0.2) is 46.6 Å². The molecule has 12 heteroatoms. The topological polar surface area (TPSA) is 154 Å². The van der Waals surface area contributed by atoms with Gasteiger partial charge in [-0.1, -0.05) is 30.3 Å². The van der Waals surface area contributed by atoms with E-state index >= 15 is 0 Å². The average molecular weight is 486 g/mol.